The molecule has 0 radical (unpaired) electrons. The van der Waals surface area contributed by atoms with Gasteiger partial charge in [-0.3, -0.25) is 0 Å². The summed E-state index contributed by atoms with van der Waals surface area (Å²) < 4.78 is 0. The van der Waals surface area contributed by atoms with Gasteiger partial charge in [-0.05, 0) is 41.2 Å². The Hall–Kier alpha value is -1.08. The van der Waals surface area contributed by atoms with E-state index in [9.17, 15) is 0 Å². The standard InChI is InChI=1S/C16H15Br/c17-16-9-3-1-2-8-14-13-7-5-4-6-12(13)10-11-15(14)16/h2,4-8,10-11,16H,1,3,9H2. The Morgan fingerprint density at radius 2 is 1.94 bits per heavy atom. The Bertz CT molecular complexity index is 569. The van der Waals surface area contributed by atoms with E-state index in [1.807, 2.05) is 0 Å². The molecule has 1 aliphatic rings. The number of alkyl halides is 1. The van der Waals surface area contributed by atoms with Gasteiger partial charge in [-0.2, -0.15) is 0 Å². The highest BCUT2D eigenvalue weighted by molar-refractivity contribution is 9.09. The van der Waals surface area contributed by atoms with Crippen molar-refractivity contribution in [2.45, 2.75) is 24.1 Å². The molecular formula is C16H15Br. The predicted molar refractivity (Wildman–Crippen MR) is 78.5 cm³/mol. The first-order valence-corrected chi connectivity index (χ1v) is 7.10. The van der Waals surface area contributed by atoms with Crippen LogP contribution in [0.3, 0.4) is 0 Å². The van der Waals surface area contributed by atoms with Gasteiger partial charge in [-0.1, -0.05) is 64.5 Å². The van der Waals surface area contributed by atoms with Gasteiger partial charge in [0.15, 0.2) is 0 Å². The minimum atomic E-state index is 0.493. The summed E-state index contributed by atoms with van der Waals surface area (Å²) in [6.45, 7) is 0. The normalized spacial score (nSPS) is 19.7. The lowest BCUT2D eigenvalue weighted by atomic mass is 9.93. The topological polar surface area (TPSA) is 0 Å². The van der Waals surface area contributed by atoms with Crippen molar-refractivity contribution in [2.24, 2.45) is 0 Å². The second kappa shape index (κ2) is 4.66. The molecule has 0 saturated heterocycles. The van der Waals surface area contributed by atoms with Crippen LogP contribution in [0.4, 0.5) is 0 Å². The van der Waals surface area contributed by atoms with Gasteiger partial charge in [0.2, 0.25) is 0 Å². The SMILES string of the molecule is BrC1CCCC=Cc2c1ccc1ccccc21. The fraction of sp³-hybridized carbons (Fsp3) is 0.250. The van der Waals surface area contributed by atoms with E-state index in [1.54, 1.807) is 0 Å². The summed E-state index contributed by atoms with van der Waals surface area (Å²) in [5, 5.41) is 2.70. The van der Waals surface area contributed by atoms with Gasteiger partial charge in [0.25, 0.3) is 0 Å². The van der Waals surface area contributed by atoms with E-state index in [4.69, 9.17) is 0 Å². The van der Waals surface area contributed by atoms with Crippen LogP contribution in [-0.2, 0) is 0 Å². The molecule has 0 saturated carbocycles. The molecule has 0 aromatic heterocycles. The number of hydrogen-bond donors (Lipinski definition) is 0. The Balaban J connectivity index is 2.30. The number of allylic oxidation sites excluding steroid dienone is 1. The zero-order valence-electron chi connectivity index (χ0n) is 9.70. The van der Waals surface area contributed by atoms with Crippen LogP contribution in [0.5, 0.6) is 0 Å². The van der Waals surface area contributed by atoms with Crippen molar-refractivity contribution >= 4 is 32.8 Å². The molecule has 0 amide bonds. The molecule has 2 aromatic rings. The summed E-state index contributed by atoms with van der Waals surface area (Å²) in [6, 6.07) is 13.1. The van der Waals surface area contributed by atoms with Gasteiger partial charge >= 0.3 is 0 Å². The largest absolute Gasteiger partial charge is 0.0839 e. The summed E-state index contributed by atoms with van der Waals surface area (Å²) in [5.74, 6) is 0. The molecule has 1 unspecified atom stereocenters. The maximum Gasteiger partial charge on any atom is 0.0401 e. The van der Waals surface area contributed by atoms with E-state index in [2.05, 4.69) is 64.5 Å². The van der Waals surface area contributed by atoms with E-state index in [0.717, 1.165) is 0 Å². The van der Waals surface area contributed by atoms with Crippen LogP contribution in [0, 0.1) is 0 Å². The first kappa shape index (κ1) is 11.0. The number of hydrogen-bond acceptors (Lipinski definition) is 0. The highest BCUT2D eigenvalue weighted by Gasteiger charge is 2.14. The highest BCUT2D eigenvalue weighted by Crippen LogP contribution is 2.36. The monoisotopic (exact) mass is 286 g/mol. The van der Waals surface area contributed by atoms with Crippen LogP contribution >= 0.6 is 15.9 Å². The number of rotatable bonds is 0. The Kier molecular flexibility index (Phi) is 3.02. The third-order valence-corrected chi connectivity index (χ3v) is 4.41. The van der Waals surface area contributed by atoms with Crippen molar-refractivity contribution in [3.05, 3.63) is 53.6 Å². The molecule has 0 heterocycles. The van der Waals surface area contributed by atoms with Crippen LogP contribution in [0.25, 0.3) is 16.8 Å². The quantitative estimate of drug-likeness (QED) is 0.563. The van der Waals surface area contributed by atoms with Gasteiger partial charge in [0.1, 0.15) is 0 Å². The van der Waals surface area contributed by atoms with Crippen LogP contribution in [0.1, 0.15) is 35.2 Å². The van der Waals surface area contributed by atoms with E-state index in [1.165, 1.54) is 41.2 Å². The van der Waals surface area contributed by atoms with Crippen LogP contribution < -0.4 is 0 Å². The lowest BCUT2D eigenvalue weighted by molar-refractivity contribution is 0.739. The Labute approximate surface area is 110 Å². The van der Waals surface area contributed by atoms with Crippen molar-refractivity contribution in [3.63, 3.8) is 0 Å². The Morgan fingerprint density at radius 1 is 1.06 bits per heavy atom. The van der Waals surface area contributed by atoms with E-state index in [-0.39, 0.29) is 0 Å². The molecule has 0 nitrogen and oxygen atoms in total. The van der Waals surface area contributed by atoms with E-state index in [0.29, 0.717) is 4.83 Å². The average Bonchev–Trinajstić information content (AvgIpc) is 2.35. The molecule has 1 aliphatic carbocycles. The van der Waals surface area contributed by atoms with Gasteiger partial charge < -0.3 is 0 Å². The smallest absolute Gasteiger partial charge is 0.0401 e. The molecule has 0 N–H and O–H groups in total. The lowest BCUT2D eigenvalue weighted by Gasteiger charge is -2.17. The zero-order valence-corrected chi connectivity index (χ0v) is 11.3. The fourth-order valence-corrected chi connectivity index (χ4v) is 3.27. The first-order chi connectivity index (χ1) is 8.36. The van der Waals surface area contributed by atoms with E-state index >= 15 is 0 Å². The molecule has 0 fully saturated rings. The van der Waals surface area contributed by atoms with Gasteiger partial charge in [-0.25, -0.2) is 0 Å². The summed E-state index contributed by atoms with van der Waals surface area (Å²) in [7, 11) is 0. The van der Waals surface area contributed by atoms with Gasteiger partial charge in [-0.15, -0.1) is 0 Å². The molecule has 1 atom stereocenters. The molecule has 17 heavy (non-hydrogen) atoms. The summed E-state index contributed by atoms with van der Waals surface area (Å²) in [5.41, 5.74) is 2.82. The minimum Gasteiger partial charge on any atom is -0.0839 e. The van der Waals surface area contributed by atoms with Crippen molar-refractivity contribution in [1.29, 1.82) is 0 Å². The number of halogens is 1. The summed E-state index contributed by atoms with van der Waals surface area (Å²) in [4.78, 5) is 0.493. The third-order valence-electron chi connectivity index (χ3n) is 3.45. The second-order valence-corrected chi connectivity index (χ2v) is 5.70. The molecule has 1 heteroatoms. The number of fused-ring (bicyclic) bond motifs is 3. The molecule has 0 spiro atoms. The zero-order chi connectivity index (χ0) is 11.7. The molecule has 86 valence electrons. The van der Waals surface area contributed by atoms with Gasteiger partial charge in [0.05, 0.1) is 0 Å². The second-order valence-electron chi connectivity index (χ2n) is 4.59. The van der Waals surface area contributed by atoms with Crippen LogP contribution in [0.2, 0.25) is 0 Å². The average molecular weight is 287 g/mol. The number of benzene rings is 2. The third kappa shape index (κ3) is 2.04. The van der Waals surface area contributed by atoms with Gasteiger partial charge in [0, 0.05) is 4.83 Å². The fourth-order valence-electron chi connectivity index (χ4n) is 2.54. The van der Waals surface area contributed by atoms with Crippen LogP contribution in [-0.4, -0.2) is 0 Å². The van der Waals surface area contributed by atoms with Crippen molar-refractivity contribution in [1.82, 2.24) is 0 Å². The maximum absolute atomic E-state index is 3.82. The molecule has 0 aliphatic heterocycles. The molecular weight excluding hydrogens is 272 g/mol. The van der Waals surface area contributed by atoms with Crippen molar-refractivity contribution in [3.8, 4) is 0 Å². The molecule has 0 bridgehead atoms. The van der Waals surface area contributed by atoms with Crippen molar-refractivity contribution in [2.75, 3.05) is 0 Å². The predicted octanol–water partition coefficient (Wildman–Crippen LogP) is 5.47. The summed E-state index contributed by atoms with van der Waals surface area (Å²) in [6.07, 6.45) is 8.27. The molecule has 2 aromatic carbocycles. The maximum atomic E-state index is 3.82. The highest BCUT2D eigenvalue weighted by atomic mass is 79.9. The van der Waals surface area contributed by atoms with Crippen LogP contribution in [0.15, 0.2) is 42.5 Å². The summed E-state index contributed by atoms with van der Waals surface area (Å²) >= 11 is 3.82. The molecule has 3 rings (SSSR count). The minimum absolute atomic E-state index is 0.493. The lowest BCUT2D eigenvalue weighted by Crippen LogP contribution is -1.97. The van der Waals surface area contributed by atoms with Crippen molar-refractivity contribution < 1.29 is 0 Å². The first-order valence-electron chi connectivity index (χ1n) is 6.18. The Morgan fingerprint density at radius 3 is 2.88 bits per heavy atom. The van der Waals surface area contributed by atoms with E-state index < -0.39 is 0 Å².